The number of hydrogen-bond acceptors (Lipinski definition) is 2. The fourth-order valence-electron chi connectivity index (χ4n) is 3.90. The number of hydrogen-bond donors (Lipinski definition) is 0. The summed E-state index contributed by atoms with van der Waals surface area (Å²) in [4.78, 5) is 28.7. The van der Waals surface area contributed by atoms with Crippen molar-refractivity contribution in [2.45, 2.75) is 19.3 Å². The average Bonchev–Trinajstić information content (AvgIpc) is 3.46. The van der Waals surface area contributed by atoms with E-state index in [9.17, 15) is 9.59 Å². The van der Waals surface area contributed by atoms with E-state index in [1.54, 1.807) is 4.90 Å². The molecule has 1 aliphatic carbocycles. The number of carbonyl (C=O) groups excluding carboxylic acids is 2. The first kappa shape index (κ1) is 17.8. The van der Waals surface area contributed by atoms with Gasteiger partial charge in [-0.25, -0.2) is 0 Å². The van der Waals surface area contributed by atoms with Crippen LogP contribution in [0.1, 0.15) is 29.6 Å². The van der Waals surface area contributed by atoms with E-state index in [0.29, 0.717) is 23.9 Å². The first-order valence-corrected chi connectivity index (χ1v) is 9.81. The molecule has 2 aromatic carbocycles. The number of rotatable bonds is 5. The van der Waals surface area contributed by atoms with Crippen molar-refractivity contribution in [2.24, 2.45) is 11.8 Å². The van der Waals surface area contributed by atoms with Gasteiger partial charge in [0.15, 0.2) is 0 Å². The number of carbonyl (C=O) groups is 2. The van der Waals surface area contributed by atoms with Gasteiger partial charge in [-0.2, -0.15) is 0 Å². The molecule has 4 rings (SSSR count). The van der Waals surface area contributed by atoms with Crippen molar-refractivity contribution in [3.63, 3.8) is 0 Å². The van der Waals surface area contributed by atoms with E-state index in [2.05, 4.69) is 12.1 Å². The summed E-state index contributed by atoms with van der Waals surface area (Å²) in [5.41, 5.74) is 2.97. The number of benzene rings is 2. The molecule has 2 aromatic rings. The van der Waals surface area contributed by atoms with Crippen molar-refractivity contribution in [3.05, 3.63) is 60.2 Å². The summed E-state index contributed by atoms with van der Waals surface area (Å²) in [6.07, 6.45) is 3.09. The fraction of sp³-hybridized carbons (Fsp3) is 0.391. The Morgan fingerprint density at radius 1 is 0.963 bits per heavy atom. The minimum Gasteiger partial charge on any atom is -0.342 e. The molecule has 1 saturated heterocycles. The number of likely N-dealkylation sites (tertiary alicyclic amines) is 1. The van der Waals surface area contributed by atoms with Gasteiger partial charge in [0.25, 0.3) is 5.91 Å². The summed E-state index contributed by atoms with van der Waals surface area (Å²) in [5, 5.41) is 0. The van der Waals surface area contributed by atoms with Gasteiger partial charge in [-0.1, -0.05) is 42.5 Å². The van der Waals surface area contributed by atoms with Crippen LogP contribution in [0, 0.1) is 11.8 Å². The van der Waals surface area contributed by atoms with Crippen LogP contribution < -0.4 is 0 Å². The van der Waals surface area contributed by atoms with Gasteiger partial charge in [0.05, 0.1) is 0 Å². The van der Waals surface area contributed by atoms with Gasteiger partial charge >= 0.3 is 0 Å². The molecule has 1 atom stereocenters. The van der Waals surface area contributed by atoms with E-state index < -0.39 is 0 Å². The SMILES string of the molecule is CN(C[C@@H]1CCN(C(=O)C2CC2)C1)C(=O)c1ccc(-c2ccccc2)cc1. The zero-order chi connectivity index (χ0) is 18.8. The van der Waals surface area contributed by atoms with Crippen molar-refractivity contribution in [1.82, 2.24) is 9.80 Å². The number of amides is 2. The molecule has 2 fully saturated rings. The average molecular weight is 362 g/mol. The third-order valence-corrected chi connectivity index (χ3v) is 5.64. The van der Waals surface area contributed by atoms with Crippen LogP contribution in [-0.2, 0) is 4.79 Å². The van der Waals surface area contributed by atoms with Gasteiger partial charge in [-0.3, -0.25) is 9.59 Å². The third-order valence-electron chi connectivity index (χ3n) is 5.64. The van der Waals surface area contributed by atoms with E-state index >= 15 is 0 Å². The first-order chi connectivity index (χ1) is 13.1. The van der Waals surface area contributed by atoms with Crippen LogP contribution in [0.5, 0.6) is 0 Å². The molecule has 0 aromatic heterocycles. The maximum Gasteiger partial charge on any atom is 0.253 e. The summed E-state index contributed by atoms with van der Waals surface area (Å²) in [5.74, 6) is 1.03. The molecule has 4 nitrogen and oxygen atoms in total. The van der Waals surface area contributed by atoms with E-state index in [-0.39, 0.29) is 11.8 Å². The molecular formula is C23H26N2O2. The Bertz CT molecular complexity index is 812. The highest BCUT2D eigenvalue weighted by Gasteiger charge is 2.36. The van der Waals surface area contributed by atoms with Gasteiger partial charge < -0.3 is 9.80 Å². The highest BCUT2D eigenvalue weighted by molar-refractivity contribution is 5.94. The molecular weight excluding hydrogens is 336 g/mol. The minimum absolute atomic E-state index is 0.0431. The lowest BCUT2D eigenvalue weighted by Crippen LogP contribution is -2.34. The monoisotopic (exact) mass is 362 g/mol. The largest absolute Gasteiger partial charge is 0.342 e. The van der Waals surface area contributed by atoms with Crippen LogP contribution >= 0.6 is 0 Å². The molecule has 1 aliphatic heterocycles. The van der Waals surface area contributed by atoms with Crippen LogP contribution in [-0.4, -0.2) is 48.3 Å². The Balaban J connectivity index is 1.34. The summed E-state index contributed by atoms with van der Waals surface area (Å²) < 4.78 is 0. The molecule has 140 valence electrons. The highest BCUT2D eigenvalue weighted by Crippen LogP contribution is 2.33. The maximum absolute atomic E-state index is 12.8. The van der Waals surface area contributed by atoms with Gasteiger partial charge in [-0.05, 0) is 48.4 Å². The topological polar surface area (TPSA) is 40.6 Å². The Morgan fingerprint density at radius 3 is 2.30 bits per heavy atom. The molecule has 27 heavy (non-hydrogen) atoms. The van der Waals surface area contributed by atoms with Gasteiger partial charge in [0, 0.05) is 38.2 Å². The lowest BCUT2D eigenvalue weighted by Gasteiger charge is -2.22. The molecule has 0 radical (unpaired) electrons. The van der Waals surface area contributed by atoms with E-state index in [4.69, 9.17) is 0 Å². The standard InChI is InChI=1S/C23H26N2O2/c1-24(15-17-13-14-25(16-17)23(27)21-11-12-21)22(26)20-9-7-19(8-10-20)18-5-3-2-4-6-18/h2-10,17,21H,11-16H2,1H3/t17-/m0/s1. The van der Waals surface area contributed by atoms with E-state index in [0.717, 1.165) is 43.5 Å². The summed E-state index contributed by atoms with van der Waals surface area (Å²) >= 11 is 0. The molecule has 0 bridgehead atoms. The van der Waals surface area contributed by atoms with Gasteiger partial charge in [0.2, 0.25) is 5.91 Å². The van der Waals surface area contributed by atoms with Crippen LogP contribution in [0.15, 0.2) is 54.6 Å². The summed E-state index contributed by atoms with van der Waals surface area (Å²) in [6.45, 7) is 2.33. The molecule has 2 amide bonds. The molecule has 1 saturated carbocycles. The molecule has 0 N–H and O–H groups in total. The van der Waals surface area contributed by atoms with Crippen LogP contribution in [0.4, 0.5) is 0 Å². The molecule has 1 heterocycles. The molecule has 2 aliphatic rings. The zero-order valence-corrected chi connectivity index (χ0v) is 15.8. The normalized spacial score (nSPS) is 19.1. The van der Waals surface area contributed by atoms with Gasteiger partial charge in [0.1, 0.15) is 0 Å². The lowest BCUT2D eigenvalue weighted by atomic mass is 10.0. The predicted octanol–water partition coefficient (Wildman–Crippen LogP) is 3.68. The Morgan fingerprint density at radius 2 is 1.63 bits per heavy atom. The Kier molecular flexibility index (Phi) is 4.97. The highest BCUT2D eigenvalue weighted by atomic mass is 16.2. The second-order valence-electron chi connectivity index (χ2n) is 7.84. The Hall–Kier alpha value is -2.62. The maximum atomic E-state index is 12.8. The minimum atomic E-state index is 0.0431. The summed E-state index contributed by atoms with van der Waals surface area (Å²) in [7, 11) is 1.86. The number of nitrogens with zero attached hydrogens (tertiary/aromatic N) is 2. The van der Waals surface area contributed by atoms with Crippen molar-refractivity contribution in [2.75, 3.05) is 26.7 Å². The van der Waals surface area contributed by atoms with Crippen molar-refractivity contribution >= 4 is 11.8 Å². The molecule has 0 unspecified atom stereocenters. The fourth-order valence-corrected chi connectivity index (χ4v) is 3.90. The lowest BCUT2D eigenvalue weighted by molar-refractivity contribution is -0.131. The summed E-state index contributed by atoms with van der Waals surface area (Å²) in [6, 6.07) is 18.0. The smallest absolute Gasteiger partial charge is 0.253 e. The van der Waals surface area contributed by atoms with Crippen molar-refractivity contribution in [1.29, 1.82) is 0 Å². The van der Waals surface area contributed by atoms with Crippen LogP contribution in [0.25, 0.3) is 11.1 Å². The van der Waals surface area contributed by atoms with Gasteiger partial charge in [-0.15, -0.1) is 0 Å². The van der Waals surface area contributed by atoms with Crippen molar-refractivity contribution in [3.8, 4) is 11.1 Å². The second-order valence-corrected chi connectivity index (χ2v) is 7.84. The van der Waals surface area contributed by atoms with Crippen LogP contribution in [0.3, 0.4) is 0 Å². The van der Waals surface area contributed by atoms with Crippen molar-refractivity contribution < 1.29 is 9.59 Å². The quantitative estimate of drug-likeness (QED) is 0.814. The third kappa shape index (κ3) is 4.05. The molecule has 0 spiro atoms. The van der Waals surface area contributed by atoms with Crippen LogP contribution in [0.2, 0.25) is 0 Å². The first-order valence-electron chi connectivity index (χ1n) is 9.81. The molecule has 4 heteroatoms. The predicted molar refractivity (Wildman–Crippen MR) is 106 cm³/mol. The second kappa shape index (κ2) is 7.55. The van der Waals surface area contributed by atoms with E-state index in [1.165, 1.54) is 0 Å². The zero-order valence-electron chi connectivity index (χ0n) is 15.8. The van der Waals surface area contributed by atoms with E-state index in [1.807, 2.05) is 54.4 Å². The Labute approximate surface area is 160 Å².